The summed E-state index contributed by atoms with van der Waals surface area (Å²) in [6.45, 7) is 2.75. The molecule has 2 aromatic carbocycles. The van der Waals surface area contributed by atoms with E-state index in [9.17, 15) is 9.90 Å². The van der Waals surface area contributed by atoms with E-state index < -0.39 is 12.3 Å². The number of fused-ring (bicyclic) bond motifs is 4. The molecule has 2 N–H and O–H groups in total. The van der Waals surface area contributed by atoms with Crippen LogP contribution < -0.4 is 10.2 Å². The second kappa shape index (κ2) is 8.52. The molecule has 0 radical (unpaired) electrons. The normalized spacial score (nSPS) is 23.1. The fourth-order valence-corrected chi connectivity index (χ4v) is 5.63. The molecule has 2 bridgehead atoms. The van der Waals surface area contributed by atoms with Crippen LogP contribution in [0.2, 0.25) is 0 Å². The number of nitrogens with zero attached hydrogens (tertiary/aromatic N) is 2. The topological polar surface area (TPSA) is 65.0 Å². The van der Waals surface area contributed by atoms with Gasteiger partial charge in [-0.25, -0.2) is 4.79 Å². The summed E-state index contributed by atoms with van der Waals surface area (Å²) < 4.78 is 5.04. The molecule has 31 heavy (non-hydrogen) atoms. The lowest BCUT2D eigenvalue weighted by Gasteiger charge is -2.35. The lowest BCUT2D eigenvalue weighted by atomic mass is 10.0. The summed E-state index contributed by atoms with van der Waals surface area (Å²) in [5.74, 6) is 0. The Balaban J connectivity index is 1.50. The highest BCUT2D eigenvalue weighted by atomic mass is 16.5. The Morgan fingerprint density at radius 1 is 1.06 bits per heavy atom. The van der Waals surface area contributed by atoms with Crippen molar-refractivity contribution < 1.29 is 14.6 Å². The molecule has 1 unspecified atom stereocenters. The lowest BCUT2D eigenvalue weighted by molar-refractivity contribution is 0.108. The Morgan fingerprint density at radius 2 is 1.74 bits per heavy atom. The highest BCUT2D eigenvalue weighted by Crippen LogP contribution is 2.41. The molecular weight excluding hydrogens is 390 g/mol. The molecule has 3 aliphatic heterocycles. The first-order chi connectivity index (χ1) is 15.1. The molecule has 0 spiro atoms. The van der Waals surface area contributed by atoms with E-state index in [1.807, 2.05) is 18.2 Å². The number of para-hydroxylation sites is 1. The van der Waals surface area contributed by atoms with E-state index in [1.165, 1.54) is 36.8 Å². The minimum Gasteiger partial charge on any atom is -0.450 e. The van der Waals surface area contributed by atoms with Gasteiger partial charge in [-0.05, 0) is 74.8 Å². The van der Waals surface area contributed by atoms with E-state index >= 15 is 0 Å². The zero-order chi connectivity index (χ0) is 21.4. The van der Waals surface area contributed by atoms with Crippen LogP contribution in [0, 0.1) is 0 Å². The highest BCUT2D eigenvalue weighted by molar-refractivity contribution is 5.86. The molecule has 5 rings (SSSR count). The molecule has 6 nitrogen and oxygen atoms in total. The Morgan fingerprint density at radius 3 is 2.45 bits per heavy atom. The van der Waals surface area contributed by atoms with Crippen LogP contribution in [0.5, 0.6) is 0 Å². The van der Waals surface area contributed by atoms with Gasteiger partial charge in [-0.1, -0.05) is 24.3 Å². The molecule has 1 amide bonds. The second-order valence-corrected chi connectivity index (χ2v) is 8.83. The van der Waals surface area contributed by atoms with Gasteiger partial charge in [0.25, 0.3) is 0 Å². The first kappa shape index (κ1) is 20.3. The van der Waals surface area contributed by atoms with Gasteiger partial charge in [0.15, 0.2) is 0 Å². The van der Waals surface area contributed by atoms with Crippen molar-refractivity contribution in [1.82, 2.24) is 4.90 Å². The quantitative estimate of drug-likeness (QED) is 0.747. The maximum absolute atomic E-state index is 12.0. The van der Waals surface area contributed by atoms with Crippen LogP contribution in [-0.4, -0.2) is 47.6 Å². The van der Waals surface area contributed by atoms with E-state index in [0.29, 0.717) is 30.9 Å². The van der Waals surface area contributed by atoms with Crippen LogP contribution in [0.15, 0.2) is 42.5 Å². The van der Waals surface area contributed by atoms with Crippen molar-refractivity contribution in [2.75, 3.05) is 23.4 Å². The zero-order valence-electron chi connectivity index (χ0n) is 18.1. The molecule has 0 saturated carbocycles. The standard InChI is InChI=1S/C25H31N3O3/c1-2-31-25(30)26-19-10-9-18-8-7-17-5-3-4-6-22(17)28(23(18)15-19)24(29)16-27-20-11-12-21(27)14-13-20/h3-6,9-10,15,20-21,24,29H,2,7-8,11-14,16H2,1H3,(H,26,30)/t20-,21+,24?. The number of hydrogen-bond donors (Lipinski definition) is 2. The summed E-state index contributed by atoms with van der Waals surface area (Å²) in [6, 6.07) is 15.5. The smallest absolute Gasteiger partial charge is 0.411 e. The molecule has 2 saturated heterocycles. The Labute approximate surface area is 183 Å². The van der Waals surface area contributed by atoms with Gasteiger partial charge in [0, 0.05) is 35.7 Å². The number of aliphatic hydroxyl groups is 1. The third kappa shape index (κ3) is 3.90. The molecule has 1 atom stereocenters. The van der Waals surface area contributed by atoms with Gasteiger partial charge >= 0.3 is 6.09 Å². The van der Waals surface area contributed by atoms with Gasteiger partial charge in [-0.3, -0.25) is 10.2 Å². The number of rotatable bonds is 5. The Hall–Kier alpha value is -2.57. The summed E-state index contributed by atoms with van der Waals surface area (Å²) in [5.41, 5.74) is 5.10. The van der Waals surface area contributed by atoms with Gasteiger partial charge in [-0.15, -0.1) is 0 Å². The van der Waals surface area contributed by atoms with Crippen LogP contribution in [-0.2, 0) is 17.6 Å². The number of nitrogens with one attached hydrogen (secondary N) is 1. The van der Waals surface area contributed by atoms with Crippen molar-refractivity contribution in [3.05, 3.63) is 53.6 Å². The fraction of sp³-hybridized carbons (Fsp3) is 0.480. The zero-order valence-corrected chi connectivity index (χ0v) is 18.1. The number of ether oxygens (including phenoxy) is 1. The van der Waals surface area contributed by atoms with Crippen LogP contribution in [0.3, 0.4) is 0 Å². The van der Waals surface area contributed by atoms with E-state index in [-0.39, 0.29) is 0 Å². The number of benzene rings is 2. The largest absolute Gasteiger partial charge is 0.450 e. The van der Waals surface area contributed by atoms with E-state index in [2.05, 4.69) is 39.4 Å². The number of hydrogen-bond acceptors (Lipinski definition) is 5. The third-order valence-corrected chi connectivity index (χ3v) is 7.06. The van der Waals surface area contributed by atoms with Crippen molar-refractivity contribution in [3.63, 3.8) is 0 Å². The van der Waals surface area contributed by atoms with Crippen LogP contribution in [0.25, 0.3) is 0 Å². The van der Waals surface area contributed by atoms with Crippen molar-refractivity contribution in [1.29, 1.82) is 0 Å². The molecule has 2 aromatic rings. The summed E-state index contributed by atoms with van der Waals surface area (Å²) in [5, 5.41) is 14.4. The van der Waals surface area contributed by atoms with Crippen molar-refractivity contribution in [2.45, 2.75) is 63.8 Å². The predicted octanol–water partition coefficient (Wildman–Crippen LogP) is 4.44. The summed E-state index contributed by atoms with van der Waals surface area (Å²) in [6.07, 6.45) is 5.69. The minimum atomic E-state index is -0.656. The molecule has 3 aliphatic rings. The van der Waals surface area contributed by atoms with Crippen LogP contribution >= 0.6 is 0 Å². The summed E-state index contributed by atoms with van der Waals surface area (Å²) >= 11 is 0. The first-order valence-corrected chi connectivity index (χ1v) is 11.5. The van der Waals surface area contributed by atoms with Gasteiger partial charge in [0.2, 0.25) is 0 Å². The summed E-state index contributed by atoms with van der Waals surface area (Å²) in [7, 11) is 0. The molecule has 0 aliphatic carbocycles. The minimum absolute atomic E-state index is 0.327. The van der Waals surface area contributed by atoms with Gasteiger partial charge in [0.1, 0.15) is 6.23 Å². The third-order valence-electron chi connectivity index (χ3n) is 7.06. The maximum Gasteiger partial charge on any atom is 0.411 e. The number of aryl methyl sites for hydroxylation is 2. The SMILES string of the molecule is CCOC(=O)Nc1ccc2c(c1)N(C(O)CN1[C@H]3CC[C@@H]1CC3)c1ccccc1CC2. The number of aliphatic hydroxyl groups excluding tert-OH is 1. The molecule has 3 heterocycles. The van der Waals surface area contributed by atoms with Gasteiger partial charge in [0.05, 0.1) is 6.61 Å². The summed E-state index contributed by atoms with van der Waals surface area (Å²) in [4.78, 5) is 16.6. The van der Waals surface area contributed by atoms with Crippen molar-refractivity contribution in [3.8, 4) is 0 Å². The van der Waals surface area contributed by atoms with Crippen LogP contribution in [0.1, 0.15) is 43.7 Å². The number of amides is 1. The maximum atomic E-state index is 12.0. The molecule has 164 valence electrons. The predicted molar refractivity (Wildman–Crippen MR) is 122 cm³/mol. The molecule has 2 fully saturated rings. The number of carbonyl (C=O) groups is 1. The lowest BCUT2D eigenvalue weighted by Crippen LogP contribution is -2.44. The van der Waals surface area contributed by atoms with E-state index in [0.717, 1.165) is 24.2 Å². The fourth-order valence-electron chi connectivity index (χ4n) is 5.63. The Kier molecular flexibility index (Phi) is 5.59. The average molecular weight is 422 g/mol. The number of anilines is 3. The van der Waals surface area contributed by atoms with E-state index in [1.54, 1.807) is 6.92 Å². The monoisotopic (exact) mass is 421 g/mol. The first-order valence-electron chi connectivity index (χ1n) is 11.5. The van der Waals surface area contributed by atoms with Crippen molar-refractivity contribution in [2.24, 2.45) is 0 Å². The highest BCUT2D eigenvalue weighted by Gasteiger charge is 2.41. The van der Waals surface area contributed by atoms with E-state index in [4.69, 9.17) is 4.74 Å². The number of carbonyl (C=O) groups excluding carboxylic acids is 1. The van der Waals surface area contributed by atoms with Crippen molar-refractivity contribution >= 4 is 23.2 Å². The molecular formula is C25H31N3O3. The Bertz CT molecular complexity index is 943. The second-order valence-electron chi connectivity index (χ2n) is 8.83. The van der Waals surface area contributed by atoms with Gasteiger partial charge < -0.3 is 14.7 Å². The molecule has 0 aromatic heterocycles. The van der Waals surface area contributed by atoms with Crippen LogP contribution in [0.4, 0.5) is 21.9 Å². The average Bonchev–Trinajstić information content (AvgIpc) is 3.27. The van der Waals surface area contributed by atoms with Gasteiger partial charge in [-0.2, -0.15) is 0 Å². The molecule has 6 heteroatoms.